The molecule has 0 heterocycles. The van der Waals surface area contributed by atoms with Gasteiger partial charge in [-0.1, -0.05) is 12.1 Å². The van der Waals surface area contributed by atoms with Gasteiger partial charge in [-0.05, 0) is 40.2 Å². The Labute approximate surface area is 125 Å². The summed E-state index contributed by atoms with van der Waals surface area (Å²) in [6.07, 6.45) is -4.47. The maximum atomic E-state index is 12.5. The second kappa shape index (κ2) is 5.72. The highest BCUT2D eigenvalue weighted by molar-refractivity contribution is 9.10. The molecule has 2 aromatic rings. The van der Waals surface area contributed by atoms with Gasteiger partial charge in [0.1, 0.15) is 5.75 Å². The van der Waals surface area contributed by atoms with E-state index in [0.717, 1.165) is 18.2 Å². The third kappa shape index (κ3) is 3.52. The van der Waals surface area contributed by atoms with Gasteiger partial charge in [-0.15, -0.1) is 0 Å². The molecule has 0 aliphatic rings. The van der Waals surface area contributed by atoms with Crippen LogP contribution in [0, 0.1) is 10.1 Å². The third-order valence-electron chi connectivity index (χ3n) is 2.54. The summed E-state index contributed by atoms with van der Waals surface area (Å²) in [5.41, 5.74) is -1.12. The van der Waals surface area contributed by atoms with Crippen LogP contribution in [0.3, 0.4) is 0 Å². The molecule has 0 spiro atoms. The molecule has 2 rings (SSSR count). The van der Waals surface area contributed by atoms with Gasteiger partial charge in [-0.2, -0.15) is 13.2 Å². The number of halogens is 4. The number of para-hydroxylation sites is 2. The minimum atomic E-state index is -4.47. The van der Waals surface area contributed by atoms with Crippen LogP contribution in [0.15, 0.2) is 46.9 Å². The van der Waals surface area contributed by atoms with Gasteiger partial charge in [0.05, 0.1) is 15.0 Å². The lowest BCUT2D eigenvalue weighted by Crippen LogP contribution is -2.04. The van der Waals surface area contributed by atoms with E-state index >= 15 is 0 Å². The van der Waals surface area contributed by atoms with E-state index in [0.29, 0.717) is 0 Å². The second-order valence-electron chi connectivity index (χ2n) is 3.97. The van der Waals surface area contributed by atoms with E-state index in [9.17, 15) is 23.3 Å². The number of benzene rings is 2. The summed E-state index contributed by atoms with van der Waals surface area (Å²) in [6.45, 7) is 0. The van der Waals surface area contributed by atoms with Crippen molar-refractivity contribution >= 4 is 21.6 Å². The van der Waals surface area contributed by atoms with Crippen LogP contribution in [0.1, 0.15) is 5.56 Å². The molecule has 0 aliphatic heterocycles. The molecule has 110 valence electrons. The van der Waals surface area contributed by atoms with Gasteiger partial charge in [0.2, 0.25) is 5.75 Å². The van der Waals surface area contributed by atoms with Gasteiger partial charge in [0.15, 0.2) is 0 Å². The monoisotopic (exact) mass is 361 g/mol. The number of nitro groups is 1. The number of hydrogen-bond donors (Lipinski definition) is 0. The van der Waals surface area contributed by atoms with Crippen LogP contribution in [0.5, 0.6) is 11.5 Å². The van der Waals surface area contributed by atoms with Crippen LogP contribution < -0.4 is 4.74 Å². The van der Waals surface area contributed by atoms with Crippen molar-refractivity contribution in [3.05, 3.63) is 62.6 Å². The Morgan fingerprint density at radius 2 is 1.76 bits per heavy atom. The molecule has 0 amide bonds. The lowest BCUT2D eigenvalue weighted by Gasteiger charge is -2.11. The van der Waals surface area contributed by atoms with Gasteiger partial charge >= 0.3 is 11.9 Å². The van der Waals surface area contributed by atoms with Crippen LogP contribution in [0.2, 0.25) is 0 Å². The molecule has 2 aromatic carbocycles. The summed E-state index contributed by atoms with van der Waals surface area (Å²) in [7, 11) is 0. The van der Waals surface area contributed by atoms with E-state index in [1.807, 2.05) is 0 Å². The Bertz CT molecular complexity index is 689. The van der Waals surface area contributed by atoms with E-state index in [4.69, 9.17) is 4.74 Å². The minimum Gasteiger partial charge on any atom is -0.449 e. The molecule has 0 fully saturated rings. The first kappa shape index (κ1) is 15.3. The highest BCUT2D eigenvalue weighted by Crippen LogP contribution is 2.38. The van der Waals surface area contributed by atoms with Crippen molar-refractivity contribution in [1.29, 1.82) is 0 Å². The van der Waals surface area contributed by atoms with Crippen molar-refractivity contribution in [2.75, 3.05) is 0 Å². The molecular weight excluding hydrogens is 355 g/mol. The zero-order chi connectivity index (χ0) is 15.6. The topological polar surface area (TPSA) is 52.4 Å². The maximum Gasteiger partial charge on any atom is 0.416 e. The molecule has 0 saturated heterocycles. The van der Waals surface area contributed by atoms with Gasteiger partial charge in [-0.25, -0.2) is 0 Å². The number of ether oxygens (including phenoxy) is 1. The first-order valence-electron chi connectivity index (χ1n) is 5.57. The summed E-state index contributed by atoms with van der Waals surface area (Å²) < 4.78 is 43.0. The molecule has 0 unspecified atom stereocenters. The number of rotatable bonds is 3. The number of hydrogen-bond acceptors (Lipinski definition) is 3. The first-order valence-corrected chi connectivity index (χ1v) is 6.36. The first-order chi connectivity index (χ1) is 9.79. The fourth-order valence-corrected chi connectivity index (χ4v) is 2.03. The average molecular weight is 362 g/mol. The molecular formula is C13H7BrF3NO3. The number of nitro benzene ring substituents is 1. The van der Waals surface area contributed by atoms with Crippen LogP contribution >= 0.6 is 15.9 Å². The summed E-state index contributed by atoms with van der Waals surface area (Å²) in [5, 5.41) is 10.8. The summed E-state index contributed by atoms with van der Waals surface area (Å²) >= 11 is 2.96. The molecule has 0 saturated carbocycles. The molecule has 4 nitrogen and oxygen atoms in total. The van der Waals surface area contributed by atoms with Crippen molar-refractivity contribution in [2.45, 2.75) is 6.18 Å². The van der Waals surface area contributed by atoms with Gasteiger partial charge in [0.25, 0.3) is 0 Å². The van der Waals surface area contributed by atoms with E-state index < -0.39 is 16.7 Å². The highest BCUT2D eigenvalue weighted by Gasteiger charge is 2.31. The normalized spacial score (nSPS) is 11.2. The van der Waals surface area contributed by atoms with Gasteiger partial charge < -0.3 is 4.74 Å². The molecule has 0 atom stereocenters. The van der Waals surface area contributed by atoms with E-state index in [1.165, 1.54) is 24.3 Å². The Kier molecular flexibility index (Phi) is 4.17. The van der Waals surface area contributed by atoms with Crippen molar-refractivity contribution in [3.8, 4) is 11.5 Å². The molecule has 0 aliphatic carbocycles. The maximum absolute atomic E-state index is 12.5. The number of alkyl halides is 3. The van der Waals surface area contributed by atoms with Crippen LogP contribution in [-0.4, -0.2) is 4.92 Å². The van der Waals surface area contributed by atoms with E-state index in [1.54, 1.807) is 0 Å². The SMILES string of the molecule is O=[N+]([O-])c1ccccc1Oc1ccc(C(F)(F)F)cc1Br. The predicted molar refractivity (Wildman–Crippen MR) is 72.3 cm³/mol. The summed E-state index contributed by atoms with van der Waals surface area (Å²) in [6, 6.07) is 8.39. The van der Waals surface area contributed by atoms with E-state index in [-0.39, 0.29) is 21.7 Å². The fraction of sp³-hybridized carbons (Fsp3) is 0.0769. The Morgan fingerprint density at radius 1 is 1.10 bits per heavy atom. The second-order valence-corrected chi connectivity index (χ2v) is 4.82. The summed E-state index contributed by atoms with van der Waals surface area (Å²) in [5.74, 6) is 0.000240. The van der Waals surface area contributed by atoms with Crippen molar-refractivity contribution < 1.29 is 22.8 Å². The van der Waals surface area contributed by atoms with Gasteiger partial charge in [0, 0.05) is 6.07 Å². The van der Waals surface area contributed by atoms with Crippen molar-refractivity contribution in [3.63, 3.8) is 0 Å². The summed E-state index contributed by atoms with van der Waals surface area (Å²) in [4.78, 5) is 10.2. The quantitative estimate of drug-likeness (QED) is 0.559. The standard InChI is InChI=1S/C13H7BrF3NO3/c14-9-7-8(13(15,16)17)5-6-11(9)21-12-4-2-1-3-10(12)18(19)20/h1-7H. The average Bonchev–Trinajstić information content (AvgIpc) is 2.40. The lowest BCUT2D eigenvalue weighted by atomic mass is 10.2. The van der Waals surface area contributed by atoms with E-state index in [2.05, 4.69) is 15.9 Å². The van der Waals surface area contributed by atoms with Gasteiger partial charge in [-0.3, -0.25) is 10.1 Å². The zero-order valence-corrected chi connectivity index (χ0v) is 11.8. The molecule has 0 N–H and O–H groups in total. The minimum absolute atomic E-state index is 0.0514. The smallest absolute Gasteiger partial charge is 0.416 e. The van der Waals surface area contributed by atoms with Crippen LogP contribution in [0.25, 0.3) is 0 Å². The zero-order valence-electron chi connectivity index (χ0n) is 10.2. The Balaban J connectivity index is 2.35. The molecule has 0 aromatic heterocycles. The third-order valence-corrected chi connectivity index (χ3v) is 3.16. The predicted octanol–water partition coefficient (Wildman–Crippen LogP) is 5.17. The fourth-order valence-electron chi connectivity index (χ4n) is 1.57. The molecule has 0 bridgehead atoms. The van der Waals surface area contributed by atoms with Crippen molar-refractivity contribution in [2.24, 2.45) is 0 Å². The highest BCUT2D eigenvalue weighted by atomic mass is 79.9. The largest absolute Gasteiger partial charge is 0.449 e. The molecule has 0 radical (unpaired) electrons. The lowest BCUT2D eigenvalue weighted by molar-refractivity contribution is -0.385. The Morgan fingerprint density at radius 3 is 2.33 bits per heavy atom. The molecule has 21 heavy (non-hydrogen) atoms. The number of nitrogens with zero attached hydrogens (tertiary/aromatic N) is 1. The Hall–Kier alpha value is -2.09. The van der Waals surface area contributed by atoms with Crippen molar-refractivity contribution in [1.82, 2.24) is 0 Å². The van der Waals surface area contributed by atoms with Crippen LogP contribution in [0.4, 0.5) is 18.9 Å². The van der Waals surface area contributed by atoms with Crippen LogP contribution in [-0.2, 0) is 6.18 Å². The molecule has 8 heteroatoms.